The zero-order valence-electron chi connectivity index (χ0n) is 16.0. The number of carbonyl (C=O) groups is 2. The van der Waals surface area contributed by atoms with Gasteiger partial charge in [-0.05, 0) is 55.3 Å². The van der Waals surface area contributed by atoms with Crippen LogP contribution in [0.1, 0.15) is 45.6 Å². The van der Waals surface area contributed by atoms with E-state index in [1.54, 1.807) is 12.1 Å². The van der Waals surface area contributed by atoms with Gasteiger partial charge >= 0.3 is 6.03 Å². The number of imide groups is 1. The largest absolute Gasteiger partial charge is 0.326 e. The van der Waals surface area contributed by atoms with Crippen LogP contribution in [-0.4, -0.2) is 41.0 Å². The number of hydrogen-bond acceptors (Lipinski definition) is 3. The Labute approximate surface area is 154 Å². The molecule has 3 rings (SSSR count). The molecule has 2 fully saturated rings. The molecule has 0 unspecified atom stereocenters. The van der Waals surface area contributed by atoms with Crippen molar-refractivity contribution in [1.29, 1.82) is 0 Å². The van der Waals surface area contributed by atoms with Gasteiger partial charge in [-0.2, -0.15) is 0 Å². The van der Waals surface area contributed by atoms with E-state index in [4.69, 9.17) is 0 Å². The fourth-order valence-corrected chi connectivity index (χ4v) is 4.83. The molecule has 1 aliphatic carbocycles. The van der Waals surface area contributed by atoms with Crippen LogP contribution in [0.5, 0.6) is 0 Å². The highest BCUT2D eigenvalue weighted by Crippen LogP contribution is 2.46. The first-order valence-electron chi connectivity index (χ1n) is 9.17. The molecule has 1 aliphatic heterocycles. The van der Waals surface area contributed by atoms with Gasteiger partial charge in [0.05, 0.1) is 6.67 Å². The lowest BCUT2D eigenvalue weighted by molar-refractivity contribution is -0.136. The van der Waals surface area contributed by atoms with E-state index >= 15 is 0 Å². The highest BCUT2D eigenvalue weighted by Gasteiger charge is 2.56. The van der Waals surface area contributed by atoms with E-state index in [1.165, 1.54) is 17.0 Å². The summed E-state index contributed by atoms with van der Waals surface area (Å²) in [6.45, 7) is 7.22. The van der Waals surface area contributed by atoms with Crippen LogP contribution in [0.4, 0.5) is 9.18 Å². The molecule has 0 radical (unpaired) electrons. The molecular formula is C20H28FN3O2. The van der Waals surface area contributed by atoms with Gasteiger partial charge in [0.25, 0.3) is 5.91 Å². The van der Waals surface area contributed by atoms with Gasteiger partial charge in [-0.3, -0.25) is 9.69 Å². The minimum atomic E-state index is -0.769. The third-order valence-corrected chi connectivity index (χ3v) is 5.37. The van der Waals surface area contributed by atoms with Crippen LogP contribution < -0.4 is 5.32 Å². The number of urea groups is 1. The molecule has 1 aromatic rings. The van der Waals surface area contributed by atoms with Crippen molar-refractivity contribution in [1.82, 2.24) is 15.1 Å². The average Bonchev–Trinajstić information content (AvgIpc) is 2.71. The fraction of sp³-hybridized carbons (Fsp3) is 0.600. The molecule has 26 heavy (non-hydrogen) atoms. The second-order valence-corrected chi connectivity index (χ2v) is 8.88. The Morgan fingerprint density at radius 1 is 1.23 bits per heavy atom. The molecule has 1 aromatic carbocycles. The first kappa shape index (κ1) is 18.8. The predicted molar refractivity (Wildman–Crippen MR) is 97.6 cm³/mol. The van der Waals surface area contributed by atoms with E-state index in [2.05, 4.69) is 26.1 Å². The summed E-state index contributed by atoms with van der Waals surface area (Å²) < 4.78 is 13.0. The second-order valence-electron chi connectivity index (χ2n) is 8.88. The number of carbonyl (C=O) groups excluding carboxylic acids is 2. The zero-order chi connectivity index (χ0) is 19.1. The van der Waals surface area contributed by atoms with Crippen molar-refractivity contribution in [2.24, 2.45) is 11.3 Å². The Kier molecular flexibility index (Phi) is 4.82. The Bertz CT molecular complexity index is 704. The maximum Gasteiger partial charge on any atom is 0.326 e. The molecule has 1 saturated carbocycles. The van der Waals surface area contributed by atoms with Crippen molar-refractivity contribution in [3.05, 3.63) is 35.6 Å². The molecule has 0 bridgehead atoms. The van der Waals surface area contributed by atoms with Gasteiger partial charge in [0, 0.05) is 6.54 Å². The number of nitrogens with one attached hydrogen (secondary N) is 1. The van der Waals surface area contributed by atoms with Crippen LogP contribution >= 0.6 is 0 Å². The number of benzene rings is 1. The molecule has 142 valence electrons. The summed E-state index contributed by atoms with van der Waals surface area (Å²) in [7, 11) is 1.85. The van der Waals surface area contributed by atoms with E-state index in [0.717, 1.165) is 12.0 Å². The Morgan fingerprint density at radius 3 is 2.50 bits per heavy atom. The molecule has 5 nitrogen and oxygen atoms in total. The van der Waals surface area contributed by atoms with Crippen LogP contribution in [0, 0.1) is 17.2 Å². The quantitative estimate of drug-likeness (QED) is 0.837. The third kappa shape index (κ3) is 3.75. The molecule has 1 N–H and O–H groups in total. The molecule has 2 aliphatic rings. The predicted octanol–water partition coefficient (Wildman–Crippen LogP) is 3.35. The first-order chi connectivity index (χ1) is 12.1. The fourth-order valence-electron chi connectivity index (χ4n) is 4.83. The summed E-state index contributed by atoms with van der Waals surface area (Å²) in [5, 5.41) is 2.99. The SMILES string of the molecule is C[C@@H]1CC(C)(C)C[C@@]2(C1)NC(=O)N(CN(C)Cc1ccc(F)cc1)C2=O. The molecule has 1 spiro atoms. The lowest BCUT2D eigenvalue weighted by Gasteiger charge is -2.43. The van der Waals surface area contributed by atoms with Gasteiger partial charge in [0.1, 0.15) is 11.4 Å². The zero-order valence-corrected chi connectivity index (χ0v) is 16.0. The Balaban J connectivity index is 1.70. The molecule has 0 aromatic heterocycles. The number of nitrogens with zero attached hydrogens (tertiary/aromatic N) is 2. The molecule has 2 atom stereocenters. The van der Waals surface area contributed by atoms with Crippen LogP contribution in [0.2, 0.25) is 0 Å². The molecule has 3 amide bonds. The lowest BCUT2D eigenvalue weighted by atomic mass is 9.64. The number of hydrogen-bond donors (Lipinski definition) is 1. The average molecular weight is 361 g/mol. The standard InChI is InChI=1S/C20H28FN3O2/c1-14-9-19(2,3)12-20(10-14)17(25)24(18(26)22-20)13-23(4)11-15-5-7-16(21)8-6-15/h5-8,14H,9-13H2,1-4H3,(H,22,26)/t14-,20-/m1/s1. The van der Waals surface area contributed by atoms with E-state index in [1.807, 2.05) is 11.9 Å². The topological polar surface area (TPSA) is 52.7 Å². The van der Waals surface area contributed by atoms with Gasteiger partial charge in [0.15, 0.2) is 0 Å². The minimum absolute atomic E-state index is 0.0244. The van der Waals surface area contributed by atoms with Crippen LogP contribution in [0.3, 0.4) is 0 Å². The van der Waals surface area contributed by atoms with Crippen LogP contribution in [0.15, 0.2) is 24.3 Å². The van der Waals surface area contributed by atoms with Crippen LogP contribution in [0.25, 0.3) is 0 Å². The molecule has 1 saturated heterocycles. The summed E-state index contributed by atoms with van der Waals surface area (Å²) in [4.78, 5) is 28.9. The van der Waals surface area contributed by atoms with E-state index < -0.39 is 5.54 Å². The van der Waals surface area contributed by atoms with Crippen molar-refractivity contribution in [3.63, 3.8) is 0 Å². The van der Waals surface area contributed by atoms with Crippen molar-refractivity contribution in [2.45, 2.75) is 52.1 Å². The Hall–Kier alpha value is -1.95. The third-order valence-electron chi connectivity index (χ3n) is 5.37. The Morgan fingerprint density at radius 2 is 1.88 bits per heavy atom. The summed E-state index contributed by atoms with van der Waals surface area (Å²) >= 11 is 0. The van der Waals surface area contributed by atoms with Crippen molar-refractivity contribution in [3.8, 4) is 0 Å². The van der Waals surface area contributed by atoms with Gasteiger partial charge in [-0.15, -0.1) is 0 Å². The second kappa shape index (κ2) is 6.65. The number of rotatable bonds is 4. The van der Waals surface area contributed by atoms with E-state index in [-0.39, 0.29) is 29.8 Å². The van der Waals surface area contributed by atoms with E-state index in [9.17, 15) is 14.0 Å². The number of halogens is 1. The normalized spacial score (nSPS) is 28.1. The first-order valence-corrected chi connectivity index (χ1v) is 9.17. The maximum absolute atomic E-state index is 13.1. The molecular weight excluding hydrogens is 333 g/mol. The smallest absolute Gasteiger partial charge is 0.323 e. The maximum atomic E-state index is 13.1. The molecule has 1 heterocycles. The van der Waals surface area contributed by atoms with Crippen molar-refractivity contribution >= 4 is 11.9 Å². The highest BCUT2D eigenvalue weighted by molar-refractivity contribution is 6.07. The minimum Gasteiger partial charge on any atom is -0.323 e. The van der Waals surface area contributed by atoms with Gasteiger partial charge in [0.2, 0.25) is 0 Å². The van der Waals surface area contributed by atoms with Gasteiger partial charge < -0.3 is 5.32 Å². The lowest BCUT2D eigenvalue weighted by Crippen LogP contribution is -2.54. The molecule has 6 heteroatoms. The van der Waals surface area contributed by atoms with Crippen molar-refractivity contribution in [2.75, 3.05) is 13.7 Å². The number of amides is 3. The summed E-state index contributed by atoms with van der Waals surface area (Å²) in [5.74, 6) is -0.00514. The highest BCUT2D eigenvalue weighted by atomic mass is 19.1. The summed E-state index contributed by atoms with van der Waals surface area (Å²) in [6.07, 6.45) is 2.43. The van der Waals surface area contributed by atoms with Gasteiger partial charge in [-0.1, -0.05) is 32.9 Å². The summed E-state index contributed by atoms with van der Waals surface area (Å²) in [6, 6.07) is 5.94. The van der Waals surface area contributed by atoms with Gasteiger partial charge in [-0.25, -0.2) is 14.1 Å². The monoisotopic (exact) mass is 361 g/mol. The summed E-state index contributed by atoms with van der Waals surface area (Å²) in [5.41, 5.74) is 0.189. The van der Waals surface area contributed by atoms with Crippen molar-refractivity contribution < 1.29 is 14.0 Å². The van der Waals surface area contributed by atoms with E-state index in [0.29, 0.717) is 25.3 Å². The van der Waals surface area contributed by atoms with Crippen LogP contribution in [-0.2, 0) is 11.3 Å².